The predicted molar refractivity (Wildman–Crippen MR) is 104 cm³/mol. The van der Waals surface area contributed by atoms with Gasteiger partial charge in [-0.05, 0) is 43.8 Å². The van der Waals surface area contributed by atoms with Crippen molar-refractivity contribution in [2.75, 3.05) is 30.6 Å². The highest BCUT2D eigenvalue weighted by molar-refractivity contribution is 7.98. The molecule has 26 heavy (non-hydrogen) atoms. The minimum Gasteiger partial charge on any atom is -0.480 e. The van der Waals surface area contributed by atoms with Crippen molar-refractivity contribution in [3.8, 4) is 0 Å². The van der Waals surface area contributed by atoms with E-state index in [4.69, 9.17) is 10.8 Å². The third-order valence-electron chi connectivity index (χ3n) is 3.42. The Morgan fingerprint density at radius 1 is 0.923 bits per heavy atom. The summed E-state index contributed by atoms with van der Waals surface area (Å²) in [5.74, 6) is -1.45. The molecule has 0 aromatic rings. The van der Waals surface area contributed by atoms with Gasteiger partial charge in [0, 0.05) is 0 Å². The Bertz CT molecular complexity index is 493. The van der Waals surface area contributed by atoms with Gasteiger partial charge in [-0.2, -0.15) is 23.5 Å². The van der Waals surface area contributed by atoms with Gasteiger partial charge in [0.15, 0.2) is 0 Å². The monoisotopic (exact) mass is 408 g/mol. The molecule has 0 aliphatic carbocycles. The number of carboxylic acid groups (broad SMARTS) is 1. The number of carboxylic acids is 1. The molecule has 3 amide bonds. The maximum atomic E-state index is 12.5. The van der Waals surface area contributed by atoms with Gasteiger partial charge in [-0.3, -0.25) is 19.2 Å². The van der Waals surface area contributed by atoms with Crippen LogP contribution in [0.3, 0.4) is 0 Å². The van der Waals surface area contributed by atoms with Crippen LogP contribution in [0, 0.1) is 0 Å². The van der Waals surface area contributed by atoms with E-state index >= 15 is 0 Å². The summed E-state index contributed by atoms with van der Waals surface area (Å²) >= 11 is 3.02. The first kappa shape index (κ1) is 24.5. The lowest BCUT2D eigenvalue weighted by molar-refractivity contribution is -0.141. The number of thioether (sulfide) groups is 2. The fourth-order valence-corrected chi connectivity index (χ4v) is 2.85. The van der Waals surface area contributed by atoms with Crippen molar-refractivity contribution in [3.05, 3.63) is 0 Å². The predicted octanol–water partition coefficient (Wildman–Crippen LogP) is -0.990. The van der Waals surface area contributed by atoms with E-state index in [-0.39, 0.29) is 6.54 Å². The highest BCUT2D eigenvalue weighted by Gasteiger charge is 2.27. The van der Waals surface area contributed by atoms with Crippen molar-refractivity contribution in [3.63, 3.8) is 0 Å². The molecule has 0 saturated carbocycles. The van der Waals surface area contributed by atoms with Gasteiger partial charge in [0.2, 0.25) is 17.7 Å². The van der Waals surface area contributed by atoms with E-state index in [1.54, 1.807) is 0 Å². The first-order valence-corrected chi connectivity index (χ1v) is 10.9. The van der Waals surface area contributed by atoms with Gasteiger partial charge in [0.1, 0.15) is 18.1 Å². The van der Waals surface area contributed by atoms with Crippen LogP contribution in [0.1, 0.15) is 19.8 Å². The standard InChI is InChI=1S/C15H28N4O5S2/c1-9(15(23)24)17-13(21)11(5-7-26-3)19-14(22)10(4-6-25-2)18-12(20)8-16/h9-11H,4-8,16H2,1-3H3,(H,17,21)(H,18,20)(H,19,22)(H,23,24). The second-order valence-corrected chi connectivity index (χ2v) is 7.49. The zero-order valence-electron chi connectivity index (χ0n) is 15.2. The minimum absolute atomic E-state index is 0.241. The van der Waals surface area contributed by atoms with Gasteiger partial charge in [-0.15, -0.1) is 0 Å². The van der Waals surface area contributed by atoms with Crippen molar-refractivity contribution >= 4 is 47.2 Å². The highest BCUT2D eigenvalue weighted by Crippen LogP contribution is 2.05. The summed E-state index contributed by atoms with van der Waals surface area (Å²) in [6.07, 6.45) is 4.47. The van der Waals surface area contributed by atoms with Crippen LogP contribution >= 0.6 is 23.5 Å². The van der Waals surface area contributed by atoms with Crippen LogP contribution in [-0.4, -0.2) is 77.5 Å². The summed E-state index contributed by atoms with van der Waals surface area (Å²) < 4.78 is 0. The van der Waals surface area contributed by atoms with Gasteiger partial charge >= 0.3 is 5.97 Å². The fourth-order valence-electron chi connectivity index (χ4n) is 1.91. The summed E-state index contributed by atoms with van der Waals surface area (Å²) in [4.78, 5) is 47.3. The highest BCUT2D eigenvalue weighted by atomic mass is 32.2. The molecule has 0 spiro atoms. The number of rotatable bonds is 13. The molecule has 0 rings (SSSR count). The summed E-state index contributed by atoms with van der Waals surface area (Å²) in [6.45, 7) is 1.10. The lowest BCUT2D eigenvalue weighted by Crippen LogP contribution is -2.56. The van der Waals surface area contributed by atoms with Crippen LogP contribution in [0.15, 0.2) is 0 Å². The van der Waals surface area contributed by atoms with Crippen LogP contribution in [0.2, 0.25) is 0 Å². The minimum atomic E-state index is -1.17. The summed E-state index contributed by atoms with van der Waals surface area (Å²) in [7, 11) is 0. The molecule has 3 unspecified atom stereocenters. The molecule has 0 bridgehead atoms. The largest absolute Gasteiger partial charge is 0.480 e. The molecule has 0 fully saturated rings. The number of carbonyl (C=O) groups is 4. The first-order valence-electron chi connectivity index (χ1n) is 8.07. The average Bonchev–Trinajstić information content (AvgIpc) is 2.61. The molecule has 9 nitrogen and oxygen atoms in total. The van der Waals surface area contributed by atoms with Crippen LogP contribution in [0.25, 0.3) is 0 Å². The Labute approximate surface area is 162 Å². The zero-order valence-corrected chi connectivity index (χ0v) is 16.9. The maximum absolute atomic E-state index is 12.5. The van der Waals surface area contributed by atoms with Crippen LogP contribution in [-0.2, 0) is 19.2 Å². The Morgan fingerprint density at radius 3 is 1.81 bits per heavy atom. The smallest absolute Gasteiger partial charge is 0.325 e. The van der Waals surface area contributed by atoms with Crippen molar-refractivity contribution in [2.45, 2.75) is 37.9 Å². The normalized spacial score (nSPS) is 14.0. The van der Waals surface area contributed by atoms with E-state index in [0.29, 0.717) is 24.3 Å². The van der Waals surface area contributed by atoms with Crippen molar-refractivity contribution in [1.82, 2.24) is 16.0 Å². The lowest BCUT2D eigenvalue weighted by atomic mass is 10.1. The van der Waals surface area contributed by atoms with Gasteiger partial charge < -0.3 is 26.8 Å². The number of amides is 3. The third kappa shape index (κ3) is 9.88. The van der Waals surface area contributed by atoms with Crippen molar-refractivity contribution in [1.29, 1.82) is 0 Å². The van der Waals surface area contributed by atoms with Crippen molar-refractivity contribution < 1.29 is 24.3 Å². The van der Waals surface area contributed by atoms with Gasteiger partial charge in [-0.25, -0.2) is 0 Å². The van der Waals surface area contributed by atoms with Gasteiger partial charge in [0.25, 0.3) is 0 Å². The molecule has 0 saturated heterocycles. The summed E-state index contributed by atoms with van der Waals surface area (Å²) in [6, 6.07) is -2.76. The second-order valence-electron chi connectivity index (χ2n) is 5.52. The van der Waals surface area contributed by atoms with E-state index in [2.05, 4.69) is 16.0 Å². The van der Waals surface area contributed by atoms with Crippen molar-refractivity contribution in [2.24, 2.45) is 5.73 Å². The van der Waals surface area contributed by atoms with Crippen LogP contribution in [0.5, 0.6) is 0 Å². The Morgan fingerprint density at radius 2 is 1.38 bits per heavy atom. The lowest BCUT2D eigenvalue weighted by Gasteiger charge is -2.23. The number of aliphatic carboxylic acids is 1. The van der Waals surface area contributed by atoms with E-state index in [1.807, 2.05) is 12.5 Å². The fraction of sp³-hybridized carbons (Fsp3) is 0.733. The van der Waals surface area contributed by atoms with Gasteiger partial charge in [-0.1, -0.05) is 0 Å². The number of carbonyl (C=O) groups excluding carboxylic acids is 3. The summed E-state index contributed by atoms with van der Waals surface area (Å²) in [5.41, 5.74) is 5.28. The zero-order chi connectivity index (χ0) is 20.1. The number of hydrogen-bond donors (Lipinski definition) is 5. The van der Waals surface area contributed by atoms with E-state index in [9.17, 15) is 19.2 Å². The quantitative estimate of drug-likeness (QED) is 0.261. The van der Waals surface area contributed by atoms with E-state index in [1.165, 1.54) is 30.4 Å². The molecular weight excluding hydrogens is 380 g/mol. The topological polar surface area (TPSA) is 151 Å². The van der Waals surface area contributed by atoms with E-state index in [0.717, 1.165) is 0 Å². The first-order chi connectivity index (χ1) is 12.3. The van der Waals surface area contributed by atoms with Gasteiger partial charge in [0.05, 0.1) is 6.54 Å². The molecule has 11 heteroatoms. The van der Waals surface area contributed by atoms with E-state index < -0.39 is 41.8 Å². The average molecular weight is 409 g/mol. The molecule has 150 valence electrons. The SMILES string of the molecule is CSCCC(NC(=O)CN)C(=O)NC(CCSC)C(=O)NC(C)C(=O)O. The Kier molecular flexibility index (Phi) is 12.9. The molecule has 0 radical (unpaired) electrons. The molecule has 0 aromatic carbocycles. The second kappa shape index (κ2) is 13.7. The molecule has 6 N–H and O–H groups in total. The molecule has 0 aliphatic heterocycles. The molecule has 0 aliphatic rings. The Balaban J connectivity index is 5.05. The molecule has 0 aromatic heterocycles. The molecular formula is C15H28N4O5S2. The third-order valence-corrected chi connectivity index (χ3v) is 4.71. The van der Waals surface area contributed by atoms with Crippen LogP contribution in [0.4, 0.5) is 0 Å². The van der Waals surface area contributed by atoms with Crippen LogP contribution < -0.4 is 21.7 Å². The molecule has 0 heterocycles. The number of nitrogens with two attached hydrogens (primary N) is 1. The maximum Gasteiger partial charge on any atom is 0.325 e. The number of nitrogens with one attached hydrogen (secondary N) is 3. The molecule has 3 atom stereocenters. The Hall–Kier alpha value is -1.46. The number of hydrogen-bond acceptors (Lipinski definition) is 7. The summed E-state index contributed by atoms with van der Waals surface area (Å²) in [5, 5.41) is 16.4.